The maximum atomic E-state index is 11.8. The molecule has 4 nitrogen and oxygen atoms in total. The number of aryl methyl sites for hydroxylation is 1. The topological polar surface area (TPSA) is 50.4 Å². The Morgan fingerprint density at radius 3 is 2.22 bits per heavy atom. The molecular weight excluding hydrogens is 288 g/mol. The molecule has 0 spiro atoms. The van der Waals surface area contributed by atoms with Gasteiger partial charge in [-0.25, -0.2) is 4.79 Å². The van der Waals surface area contributed by atoms with Gasteiger partial charge in [-0.2, -0.15) is 0 Å². The summed E-state index contributed by atoms with van der Waals surface area (Å²) in [6.07, 6.45) is 3.89. The van der Waals surface area contributed by atoms with Gasteiger partial charge in [0.05, 0.1) is 0 Å². The minimum atomic E-state index is -0.434. The van der Waals surface area contributed by atoms with Gasteiger partial charge >= 0.3 is 6.09 Å². The molecular formula is C19H30N2O2. The normalized spacial score (nSPS) is 21.7. The number of carbonyl (C=O) groups is 1. The van der Waals surface area contributed by atoms with Crippen molar-refractivity contribution in [3.05, 3.63) is 35.4 Å². The average molecular weight is 318 g/mol. The fourth-order valence-corrected chi connectivity index (χ4v) is 2.88. The van der Waals surface area contributed by atoms with Crippen molar-refractivity contribution in [3.8, 4) is 0 Å². The highest BCUT2D eigenvalue weighted by Gasteiger charge is 2.24. The summed E-state index contributed by atoms with van der Waals surface area (Å²) in [4.78, 5) is 11.8. The second-order valence-corrected chi connectivity index (χ2v) is 7.56. The van der Waals surface area contributed by atoms with E-state index in [1.54, 1.807) is 0 Å². The second-order valence-electron chi connectivity index (χ2n) is 7.56. The summed E-state index contributed by atoms with van der Waals surface area (Å²) in [5, 5.41) is 6.61. The van der Waals surface area contributed by atoms with E-state index < -0.39 is 5.60 Å². The summed E-state index contributed by atoms with van der Waals surface area (Å²) < 4.78 is 5.32. The first-order chi connectivity index (χ1) is 10.8. The third kappa shape index (κ3) is 6.61. The van der Waals surface area contributed by atoms with E-state index in [-0.39, 0.29) is 12.1 Å². The van der Waals surface area contributed by atoms with Gasteiger partial charge in [0.15, 0.2) is 0 Å². The Hall–Kier alpha value is -1.55. The van der Waals surface area contributed by atoms with Crippen molar-refractivity contribution in [2.75, 3.05) is 0 Å². The summed E-state index contributed by atoms with van der Waals surface area (Å²) in [6, 6.07) is 9.43. The van der Waals surface area contributed by atoms with Gasteiger partial charge in [-0.15, -0.1) is 0 Å². The van der Waals surface area contributed by atoms with Crippen LogP contribution in [0.2, 0.25) is 0 Å². The third-order valence-electron chi connectivity index (χ3n) is 4.16. The number of hydrogen-bond donors (Lipinski definition) is 2. The maximum absolute atomic E-state index is 11.8. The molecule has 2 rings (SSSR count). The van der Waals surface area contributed by atoms with Crippen LogP contribution in [0.1, 0.15) is 57.6 Å². The summed E-state index contributed by atoms with van der Waals surface area (Å²) >= 11 is 0. The lowest BCUT2D eigenvalue weighted by molar-refractivity contribution is 0.0490. The van der Waals surface area contributed by atoms with Crippen LogP contribution in [0.3, 0.4) is 0 Å². The van der Waals surface area contributed by atoms with Crippen molar-refractivity contribution in [1.82, 2.24) is 10.6 Å². The highest BCUT2D eigenvalue weighted by molar-refractivity contribution is 5.68. The number of benzene rings is 1. The van der Waals surface area contributed by atoms with Crippen LogP contribution in [-0.2, 0) is 11.3 Å². The lowest BCUT2D eigenvalue weighted by atomic mass is 9.91. The van der Waals surface area contributed by atoms with Crippen LogP contribution in [0.25, 0.3) is 0 Å². The van der Waals surface area contributed by atoms with Gasteiger partial charge in [0.2, 0.25) is 0 Å². The SMILES string of the molecule is Cc1ccc(CNC2CCC(NC(=O)OC(C)(C)C)CC2)cc1. The number of amides is 1. The molecule has 1 fully saturated rings. The van der Waals surface area contributed by atoms with Crippen molar-refractivity contribution in [2.24, 2.45) is 0 Å². The predicted molar refractivity (Wildman–Crippen MR) is 93.4 cm³/mol. The molecule has 0 radical (unpaired) electrons. The minimum absolute atomic E-state index is 0.238. The zero-order chi connectivity index (χ0) is 16.9. The van der Waals surface area contributed by atoms with Gasteiger partial charge in [0, 0.05) is 18.6 Å². The van der Waals surface area contributed by atoms with Crippen LogP contribution in [0, 0.1) is 6.92 Å². The number of carbonyl (C=O) groups excluding carboxylic acids is 1. The van der Waals surface area contributed by atoms with Crippen LogP contribution in [0.4, 0.5) is 4.79 Å². The van der Waals surface area contributed by atoms with Crippen LogP contribution in [0.15, 0.2) is 24.3 Å². The zero-order valence-corrected chi connectivity index (χ0v) is 14.8. The number of alkyl carbamates (subject to hydrolysis) is 1. The van der Waals surface area contributed by atoms with E-state index >= 15 is 0 Å². The van der Waals surface area contributed by atoms with Gasteiger partial charge in [-0.1, -0.05) is 29.8 Å². The number of ether oxygens (including phenoxy) is 1. The Morgan fingerprint density at radius 2 is 1.65 bits per heavy atom. The molecule has 0 bridgehead atoms. The highest BCUT2D eigenvalue weighted by atomic mass is 16.6. The molecule has 2 N–H and O–H groups in total. The fraction of sp³-hybridized carbons (Fsp3) is 0.632. The molecule has 23 heavy (non-hydrogen) atoms. The molecule has 1 saturated carbocycles. The van der Waals surface area contributed by atoms with E-state index in [0.717, 1.165) is 32.2 Å². The molecule has 0 heterocycles. The molecule has 1 aromatic rings. The van der Waals surface area contributed by atoms with Gasteiger partial charge in [-0.3, -0.25) is 0 Å². The largest absolute Gasteiger partial charge is 0.444 e. The van der Waals surface area contributed by atoms with E-state index in [1.165, 1.54) is 11.1 Å². The predicted octanol–water partition coefficient (Wildman–Crippen LogP) is 3.92. The van der Waals surface area contributed by atoms with E-state index in [9.17, 15) is 4.79 Å². The molecule has 0 unspecified atom stereocenters. The molecule has 1 amide bonds. The number of rotatable bonds is 4. The second kappa shape index (κ2) is 7.82. The highest BCUT2D eigenvalue weighted by Crippen LogP contribution is 2.20. The van der Waals surface area contributed by atoms with Crippen LogP contribution in [-0.4, -0.2) is 23.8 Å². The van der Waals surface area contributed by atoms with Crippen molar-refractivity contribution in [3.63, 3.8) is 0 Å². The fourth-order valence-electron chi connectivity index (χ4n) is 2.88. The van der Waals surface area contributed by atoms with Crippen molar-refractivity contribution >= 4 is 6.09 Å². The monoisotopic (exact) mass is 318 g/mol. The van der Waals surface area contributed by atoms with E-state index in [2.05, 4.69) is 41.8 Å². The summed E-state index contributed by atoms with van der Waals surface area (Å²) in [6.45, 7) is 8.68. The van der Waals surface area contributed by atoms with Gasteiger partial charge < -0.3 is 15.4 Å². The molecule has 0 aliphatic heterocycles. The Kier molecular flexibility index (Phi) is 6.05. The van der Waals surface area contributed by atoms with E-state index in [0.29, 0.717) is 6.04 Å². The molecule has 1 aliphatic rings. The Labute approximate surface area is 140 Å². The molecule has 1 aliphatic carbocycles. The van der Waals surface area contributed by atoms with Gasteiger partial charge in [0.25, 0.3) is 0 Å². The standard InChI is InChI=1S/C19H30N2O2/c1-14-5-7-15(8-6-14)13-20-16-9-11-17(12-10-16)21-18(22)23-19(2,3)4/h5-8,16-17,20H,9-13H2,1-4H3,(H,21,22). The molecule has 0 aromatic heterocycles. The Balaban J connectivity index is 1.67. The molecule has 128 valence electrons. The van der Waals surface area contributed by atoms with E-state index in [1.807, 2.05) is 20.8 Å². The van der Waals surface area contributed by atoms with Crippen molar-refractivity contribution < 1.29 is 9.53 Å². The number of hydrogen-bond acceptors (Lipinski definition) is 3. The van der Waals surface area contributed by atoms with Crippen LogP contribution in [0.5, 0.6) is 0 Å². The quantitative estimate of drug-likeness (QED) is 0.884. The summed E-state index contributed by atoms with van der Waals surface area (Å²) in [7, 11) is 0. The minimum Gasteiger partial charge on any atom is -0.444 e. The smallest absolute Gasteiger partial charge is 0.407 e. The first-order valence-corrected chi connectivity index (χ1v) is 8.60. The lowest BCUT2D eigenvalue weighted by Crippen LogP contribution is -2.43. The molecule has 4 heteroatoms. The Morgan fingerprint density at radius 1 is 1.09 bits per heavy atom. The summed E-state index contributed by atoms with van der Waals surface area (Å²) in [5.41, 5.74) is 2.18. The van der Waals surface area contributed by atoms with Crippen molar-refractivity contribution in [2.45, 2.75) is 77.6 Å². The zero-order valence-electron chi connectivity index (χ0n) is 14.8. The van der Waals surface area contributed by atoms with Crippen LogP contribution >= 0.6 is 0 Å². The molecule has 1 aromatic carbocycles. The van der Waals surface area contributed by atoms with E-state index in [4.69, 9.17) is 4.74 Å². The van der Waals surface area contributed by atoms with Crippen molar-refractivity contribution in [1.29, 1.82) is 0 Å². The summed E-state index contributed by atoms with van der Waals surface area (Å²) in [5.74, 6) is 0. The first-order valence-electron chi connectivity index (χ1n) is 8.60. The lowest BCUT2D eigenvalue weighted by Gasteiger charge is -2.30. The van der Waals surface area contributed by atoms with Crippen LogP contribution < -0.4 is 10.6 Å². The molecule has 0 saturated heterocycles. The Bertz CT molecular complexity index is 497. The number of nitrogens with one attached hydrogen (secondary N) is 2. The van der Waals surface area contributed by atoms with Gasteiger partial charge in [-0.05, 0) is 58.9 Å². The van der Waals surface area contributed by atoms with Gasteiger partial charge in [0.1, 0.15) is 5.60 Å². The first kappa shape index (κ1) is 17.8. The molecule has 0 atom stereocenters. The third-order valence-corrected chi connectivity index (χ3v) is 4.16. The maximum Gasteiger partial charge on any atom is 0.407 e. The average Bonchev–Trinajstić information content (AvgIpc) is 2.46.